The van der Waals surface area contributed by atoms with E-state index in [1.165, 1.54) is 5.56 Å². The maximum atomic E-state index is 5.89. The second kappa shape index (κ2) is 10.6. The predicted octanol–water partition coefficient (Wildman–Crippen LogP) is 2.88. The van der Waals surface area contributed by atoms with Crippen LogP contribution in [0.5, 0.6) is 11.5 Å². The third-order valence-corrected chi connectivity index (χ3v) is 4.36. The van der Waals surface area contributed by atoms with Crippen molar-refractivity contribution in [3.63, 3.8) is 0 Å². The maximum Gasteiger partial charge on any atom is 0.161 e. The number of hydrogen-bond donors (Lipinski definition) is 0. The van der Waals surface area contributed by atoms with Gasteiger partial charge in [-0.3, -0.25) is 9.80 Å². The summed E-state index contributed by atoms with van der Waals surface area (Å²) in [5, 5.41) is 0. The Morgan fingerprint density at radius 2 is 1.72 bits per heavy atom. The molecule has 1 aliphatic heterocycles. The normalized spacial score (nSPS) is 16.4. The van der Waals surface area contributed by atoms with E-state index in [0.717, 1.165) is 57.4 Å². The SMILES string of the molecule is CCOc1cc(CN2CCN(CCOC)CC2)ccc1OCC(C)C. The summed E-state index contributed by atoms with van der Waals surface area (Å²) in [6, 6.07) is 6.35. The van der Waals surface area contributed by atoms with Gasteiger partial charge < -0.3 is 14.2 Å². The standard InChI is InChI=1S/C20H34N2O3/c1-5-24-20-14-18(6-7-19(20)25-16-17(2)3)15-22-10-8-21(9-11-22)12-13-23-4/h6-7,14,17H,5,8-13,15-16H2,1-4H3. The van der Waals surface area contributed by atoms with Crippen molar-refractivity contribution in [1.29, 1.82) is 0 Å². The topological polar surface area (TPSA) is 34.2 Å². The van der Waals surface area contributed by atoms with E-state index < -0.39 is 0 Å². The van der Waals surface area contributed by atoms with E-state index in [2.05, 4.69) is 41.8 Å². The summed E-state index contributed by atoms with van der Waals surface area (Å²) in [5.74, 6) is 2.21. The lowest BCUT2D eigenvalue weighted by Crippen LogP contribution is -2.46. The third kappa shape index (κ3) is 6.84. The first-order chi connectivity index (χ1) is 12.1. The Bertz CT molecular complexity index is 500. The zero-order chi connectivity index (χ0) is 18.1. The summed E-state index contributed by atoms with van der Waals surface area (Å²) in [6.07, 6.45) is 0. The van der Waals surface area contributed by atoms with Gasteiger partial charge in [0, 0.05) is 46.4 Å². The van der Waals surface area contributed by atoms with Crippen molar-refractivity contribution >= 4 is 0 Å². The van der Waals surface area contributed by atoms with Gasteiger partial charge in [0.1, 0.15) is 0 Å². The summed E-state index contributed by atoms with van der Waals surface area (Å²) < 4.78 is 16.9. The Hall–Kier alpha value is -1.30. The average Bonchev–Trinajstić information content (AvgIpc) is 2.60. The molecule has 0 amide bonds. The number of rotatable bonds is 10. The van der Waals surface area contributed by atoms with Gasteiger partial charge in [-0.05, 0) is 30.5 Å². The Morgan fingerprint density at radius 1 is 1.00 bits per heavy atom. The highest BCUT2D eigenvalue weighted by Gasteiger charge is 2.17. The van der Waals surface area contributed by atoms with E-state index in [1.807, 2.05) is 6.92 Å². The Morgan fingerprint density at radius 3 is 2.36 bits per heavy atom. The van der Waals surface area contributed by atoms with E-state index in [9.17, 15) is 0 Å². The zero-order valence-corrected chi connectivity index (χ0v) is 16.3. The van der Waals surface area contributed by atoms with Gasteiger partial charge >= 0.3 is 0 Å². The van der Waals surface area contributed by atoms with Gasteiger partial charge in [-0.15, -0.1) is 0 Å². The molecule has 1 aromatic rings. The molecule has 1 aromatic carbocycles. The van der Waals surface area contributed by atoms with Crippen molar-refractivity contribution in [3.8, 4) is 11.5 Å². The summed E-state index contributed by atoms with van der Waals surface area (Å²) in [7, 11) is 1.76. The molecule has 0 bridgehead atoms. The summed E-state index contributed by atoms with van der Waals surface area (Å²) in [4.78, 5) is 4.97. The fourth-order valence-electron chi connectivity index (χ4n) is 2.94. The van der Waals surface area contributed by atoms with E-state index in [0.29, 0.717) is 19.1 Å². The molecule has 1 aliphatic rings. The first-order valence-electron chi connectivity index (χ1n) is 9.44. The van der Waals surface area contributed by atoms with Crippen LogP contribution in [0.1, 0.15) is 26.3 Å². The molecule has 0 unspecified atom stereocenters. The molecule has 0 radical (unpaired) electrons. The van der Waals surface area contributed by atoms with Crippen molar-refractivity contribution in [2.75, 3.05) is 59.7 Å². The third-order valence-electron chi connectivity index (χ3n) is 4.36. The Balaban J connectivity index is 1.90. The monoisotopic (exact) mass is 350 g/mol. The van der Waals surface area contributed by atoms with Crippen LogP contribution < -0.4 is 9.47 Å². The maximum absolute atomic E-state index is 5.89. The average molecular weight is 351 g/mol. The molecule has 0 spiro atoms. The van der Waals surface area contributed by atoms with Gasteiger partial charge in [0.05, 0.1) is 19.8 Å². The van der Waals surface area contributed by atoms with Crippen LogP contribution in [-0.2, 0) is 11.3 Å². The molecule has 1 fully saturated rings. The van der Waals surface area contributed by atoms with Gasteiger partial charge in [0.2, 0.25) is 0 Å². The van der Waals surface area contributed by atoms with Gasteiger partial charge in [-0.1, -0.05) is 19.9 Å². The lowest BCUT2D eigenvalue weighted by molar-refractivity contribution is 0.0937. The largest absolute Gasteiger partial charge is 0.490 e. The van der Waals surface area contributed by atoms with Crippen LogP contribution in [0.15, 0.2) is 18.2 Å². The highest BCUT2D eigenvalue weighted by Crippen LogP contribution is 2.29. The molecule has 1 heterocycles. The van der Waals surface area contributed by atoms with Gasteiger partial charge in [0.25, 0.3) is 0 Å². The number of hydrogen-bond acceptors (Lipinski definition) is 5. The van der Waals surface area contributed by atoms with Crippen LogP contribution >= 0.6 is 0 Å². The van der Waals surface area contributed by atoms with Crippen molar-refractivity contribution in [3.05, 3.63) is 23.8 Å². The number of nitrogens with zero attached hydrogens (tertiary/aromatic N) is 2. The number of piperazine rings is 1. The smallest absolute Gasteiger partial charge is 0.161 e. The number of methoxy groups -OCH3 is 1. The lowest BCUT2D eigenvalue weighted by atomic mass is 10.1. The fourth-order valence-corrected chi connectivity index (χ4v) is 2.94. The van der Waals surface area contributed by atoms with Crippen LogP contribution in [0.25, 0.3) is 0 Å². The highest BCUT2D eigenvalue weighted by molar-refractivity contribution is 5.43. The Kier molecular flexibility index (Phi) is 8.52. The molecular formula is C20H34N2O3. The van der Waals surface area contributed by atoms with E-state index in [4.69, 9.17) is 14.2 Å². The molecule has 5 heteroatoms. The Labute approximate surface area is 152 Å². The van der Waals surface area contributed by atoms with Gasteiger partial charge in [0.15, 0.2) is 11.5 Å². The van der Waals surface area contributed by atoms with Crippen molar-refractivity contribution in [1.82, 2.24) is 9.80 Å². The zero-order valence-electron chi connectivity index (χ0n) is 16.3. The summed E-state index contributed by atoms with van der Waals surface area (Å²) in [6.45, 7) is 14.9. The molecule has 1 saturated heterocycles. The van der Waals surface area contributed by atoms with Crippen LogP contribution in [0.4, 0.5) is 0 Å². The van der Waals surface area contributed by atoms with Crippen LogP contribution in [0.2, 0.25) is 0 Å². The first kappa shape index (κ1) is 20.0. The molecule has 5 nitrogen and oxygen atoms in total. The second-order valence-corrected chi connectivity index (χ2v) is 7.03. The molecule has 0 saturated carbocycles. The van der Waals surface area contributed by atoms with Gasteiger partial charge in [-0.25, -0.2) is 0 Å². The summed E-state index contributed by atoms with van der Waals surface area (Å²) in [5.41, 5.74) is 1.28. The molecule has 0 N–H and O–H groups in total. The van der Waals surface area contributed by atoms with E-state index in [-0.39, 0.29) is 0 Å². The van der Waals surface area contributed by atoms with Crippen LogP contribution in [0.3, 0.4) is 0 Å². The minimum Gasteiger partial charge on any atom is -0.490 e. The molecule has 2 rings (SSSR count). The lowest BCUT2D eigenvalue weighted by Gasteiger charge is -2.34. The number of ether oxygens (including phenoxy) is 3. The fraction of sp³-hybridized carbons (Fsp3) is 0.700. The molecule has 0 aromatic heterocycles. The molecule has 0 atom stereocenters. The second-order valence-electron chi connectivity index (χ2n) is 7.03. The predicted molar refractivity (Wildman–Crippen MR) is 102 cm³/mol. The number of benzene rings is 1. The van der Waals surface area contributed by atoms with Crippen molar-refractivity contribution in [2.45, 2.75) is 27.3 Å². The molecule has 0 aliphatic carbocycles. The molecule has 25 heavy (non-hydrogen) atoms. The minimum absolute atomic E-state index is 0.503. The summed E-state index contributed by atoms with van der Waals surface area (Å²) >= 11 is 0. The first-order valence-corrected chi connectivity index (χ1v) is 9.44. The molecular weight excluding hydrogens is 316 g/mol. The minimum atomic E-state index is 0.503. The van der Waals surface area contributed by atoms with E-state index in [1.54, 1.807) is 7.11 Å². The molecule has 142 valence electrons. The quantitative estimate of drug-likeness (QED) is 0.648. The van der Waals surface area contributed by atoms with Crippen molar-refractivity contribution < 1.29 is 14.2 Å². The highest BCUT2D eigenvalue weighted by atomic mass is 16.5. The van der Waals surface area contributed by atoms with Crippen LogP contribution in [0, 0.1) is 5.92 Å². The van der Waals surface area contributed by atoms with Crippen LogP contribution in [-0.4, -0.2) is 69.5 Å². The van der Waals surface area contributed by atoms with Gasteiger partial charge in [-0.2, -0.15) is 0 Å². The van der Waals surface area contributed by atoms with Crippen molar-refractivity contribution in [2.24, 2.45) is 5.92 Å². The van der Waals surface area contributed by atoms with E-state index >= 15 is 0 Å².